The minimum atomic E-state index is -0.393. The van der Waals surface area contributed by atoms with Gasteiger partial charge >= 0.3 is 0 Å². The summed E-state index contributed by atoms with van der Waals surface area (Å²) in [6.45, 7) is 0. The molecule has 0 aliphatic carbocycles. The quantitative estimate of drug-likeness (QED) is 0.414. The van der Waals surface area contributed by atoms with Crippen molar-refractivity contribution in [2.24, 2.45) is 0 Å². The number of nitrogens with zero attached hydrogens (tertiary/aromatic N) is 5. The van der Waals surface area contributed by atoms with Crippen molar-refractivity contribution in [3.8, 4) is 28.3 Å². The van der Waals surface area contributed by atoms with Crippen molar-refractivity contribution in [2.75, 3.05) is 5.32 Å². The first-order chi connectivity index (χ1) is 15.7. The van der Waals surface area contributed by atoms with Gasteiger partial charge in [-0.1, -0.05) is 41.9 Å². The molecule has 0 atom stereocenters. The molecule has 0 aliphatic heterocycles. The fourth-order valence-electron chi connectivity index (χ4n) is 3.23. The van der Waals surface area contributed by atoms with Crippen LogP contribution >= 0.6 is 11.6 Å². The molecule has 1 amide bonds. The molecule has 0 saturated heterocycles. The van der Waals surface area contributed by atoms with Crippen LogP contribution in [0.15, 0.2) is 85.3 Å². The molecule has 0 fully saturated rings. The van der Waals surface area contributed by atoms with E-state index in [0.29, 0.717) is 27.7 Å². The molecule has 32 heavy (non-hydrogen) atoms. The van der Waals surface area contributed by atoms with E-state index in [2.05, 4.69) is 30.6 Å². The largest absolute Gasteiger partial charge is 0.289 e. The van der Waals surface area contributed by atoms with Crippen molar-refractivity contribution in [3.63, 3.8) is 0 Å². The third-order valence-electron chi connectivity index (χ3n) is 4.75. The first-order valence-corrected chi connectivity index (χ1v) is 10.1. The van der Waals surface area contributed by atoms with Gasteiger partial charge in [-0.05, 0) is 36.4 Å². The normalized spacial score (nSPS) is 10.8. The third-order valence-corrected chi connectivity index (χ3v) is 5.08. The van der Waals surface area contributed by atoms with E-state index < -0.39 is 5.91 Å². The summed E-state index contributed by atoms with van der Waals surface area (Å²) >= 11 is 6.23. The van der Waals surface area contributed by atoms with Crippen LogP contribution in [0.5, 0.6) is 0 Å². The van der Waals surface area contributed by atoms with Crippen LogP contribution in [0.25, 0.3) is 28.3 Å². The maximum Gasteiger partial charge on any atom is 0.261 e. The molecule has 8 nitrogen and oxygen atoms in total. The van der Waals surface area contributed by atoms with Gasteiger partial charge in [-0.15, -0.1) is 5.10 Å². The standard InChI is InChI=1S/C23H16ClN7O/c24-19-11-5-4-10-17(19)21-26-23(29-28-21)27-22(32)18-14-31(16-8-2-1-3-9-16)30-20(18)15-7-6-12-25-13-15/h1-14H,(H2,26,27,28,29,32). The Bertz CT molecular complexity index is 1380. The van der Waals surface area contributed by atoms with Crippen molar-refractivity contribution < 1.29 is 4.79 Å². The highest BCUT2D eigenvalue weighted by Gasteiger charge is 2.20. The van der Waals surface area contributed by atoms with Gasteiger partial charge in [-0.2, -0.15) is 10.1 Å². The average Bonchev–Trinajstić information content (AvgIpc) is 3.48. The van der Waals surface area contributed by atoms with E-state index >= 15 is 0 Å². The van der Waals surface area contributed by atoms with Crippen molar-refractivity contribution in [1.29, 1.82) is 0 Å². The number of pyridine rings is 1. The predicted molar refractivity (Wildman–Crippen MR) is 122 cm³/mol. The average molecular weight is 442 g/mol. The van der Waals surface area contributed by atoms with Crippen LogP contribution in [0, 0.1) is 0 Å². The highest BCUT2D eigenvalue weighted by Crippen LogP contribution is 2.26. The number of hydrogen-bond acceptors (Lipinski definition) is 5. The van der Waals surface area contributed by atoms with Crippen LogP contribution in [-0.4, -0.2) is 35.9 Å². The number of rotatable bonds is 5. The number of hydrogen-bond donors (Lipinski definition) is 2. The first kappa shape index (κ1) is 19.7. The summed E-state index contributed by atoms with van der Waals surface area (Å²) in [5, 5.41) is 14.8. The summed E-state index contributed by atoms with van der Waals surface area (Å²) in [6.07, 6.45) is 5.01. The Kier molecular flexibility index (Phi) is 5.19. The van der Waals surface area contributed by atoms with Crippen molar-refractivity contribution in [1.82, 2.24) is 29.9 Å². The van der Waals surface area contributed by atoms with Crippen LogP contribution in [0.3, 0.4) is 0 Å². The van der Waals surface area contributed by atoms with Crippen LogP contribution in [0.1, 0.15) is 10.4 Å². The van der Waals surface area contributed by atoms with Gasteiger partial charge in [-0.25, -0.2) is 4.68 Å². The minimum Gasteiger partial charge on any atom is -0.289 e. The zero-order valence-electron chi connectivity index (χ0n) is 16.6. The fraction of sp³-hybridized carbons (Fsp3) is 0. The lowest BCUT2D eigenvalue weighted by molar-refractivity contribution is 0.102. The Morgan fingerprint density at radius 2 is 1.81 bits per heavy atom. The van der Waals surface area contributed by atoms with Crippen molar-refractivity contribution >= 4 is 23.5 Å². The molecule has 0 saturated carbocycles. The Morgan fingerprint density at radius 1 is 1.00 bits per heavy atom. The lowest BCUT2D eigenvalue weighted by atomic mass is 10.1. The second-order valence-corrected chi connectivity index (χ2v) is 7.26. The Hall–Kier alpha value is -4.30. The Balaban J connectivity index is 1.48. The molecular formula is C23H16ClN7O. The maximum atomic E-state index is 13.2. The lowest BCUT2D eigenvalue weighted by Gasteiger charge is -2.02. The van der Waals surface area contributed by atoms with Gasteiger partial charge in [0.2, 0.25) is 5.95 Å². The van der Waals surface area contributed by atoms with E-state index in [9.17, 15) is 4.79 Å². The Morgan fingerprint density at radius 3 is 2.59 bits per heavy atom. The summed E-state index contributed by atoms with van der Waals surface area (Å²) < 4.78 is 1.66. The van der Waals surface area contributed by atoms with Gasteiger partial charge in [0.25, 0.3) is 5.91 Å². The van der Waals surface area contributed by atoms with Gasteiger partial charge in [0.15, 0.2) is 5.82 Å². The lowest BCUT2D eigenvalue weighted by Crippen LogP contribution is -2.13. The van der Waals surface area contributed by atoms with E-state index in [-0.39, 0.29) is 5.95 Å². The molecule has 2 aromatic carbocycles. The van der Waals surface area contributed by atoms with Gasteiger partial charge in [0.05, 0.1) is 16.3 Å². The fourth-order valence-corrected chi connectivity index (χ4v) is 3.45. The van der Waals surface area contributed by atoms with Crippen LogP contribution in [-0.2, 0) is 0 Å². The maximum absolute atomic E-state index is 13.2. The number of anilines is 1. The SMILES string of the molecule is O=C(Nc1n[nH]c(-c2ccccc2Cl)n1)c1cn(-c2ccccc2)nc1-c1cccnc1. The molecule has 5 rings (SSSR count). The number of halogens is 1. The molecule has 3 aromatic heterocycles. The second-order valence-electron chi connectivity index (χ2n) is 6.85. The molecule has 2 N–H and O–H groups in total. The topological polar surface area (TPSA) is 101 Å². The highest BCUT2D eigenvalue weighted by atomic mass is 35.5. The van der Waals surface area contributed by atoms with Crippen LogP contribution < -0.4 is 5.32 Å². The summed E-state index contributed by atoms with van der Waals surface area (Å²) in [5.41, 5.74) is 3.11. The number of para-hydroxylation sites is 1. The number of aromatic nitrogens is 6. The number of H-pyrrole nitrogens is 1. The number of aromatic amines is 1. The number of benzene rings is 2. The predicted octanol–water partition coefficient (Wildman–Crippen LogP) is 4.63. The number of carbonyl (C=O) groups excluding carboxylic acids is 1. The monoisotopic (exact) mass is 441 g/mol. The molecule has 0 bridgehead atoms. The zero-order chi connectivity index (χ0) is 21.9. The summed E-state index contributed by atoms with van der Waals surface area (Å²) in [7, 11) is 0. The number of carbonyl (C=O) groups is 1. The molecule has 5 aromatic rings. The van der Waals surface area contributed by atoms with E-state index in [0.717, 1.165) is 11.3 Å². The number of amides is 1. The number of nitrogens with one attached hydrogen (secondary N) is 2. The summed E-state index contributed by atoms with van der Waals surface area (Å²) in [6, 6.07) is 20.5. The van der Waals surface area contributed by atoms with Gasteiger partial charge < -0.3 is 0 Å². The molecule has 0 radical (unpaired) electrons. The van der Waals surface area contributed by atoms with E-state index in [1.54, 1.807) is 35.4 Å². The zero-order valence-corrected chi connectivity index (χ0v) is 17.4. The smallest absolute Gasteiger partial charge is 0.261 e. The summed E-state index contributed by atoms with van der Waals surface area (Å²) in [5.74, 6) is 0.198. The molecule has 0 spiro atoms. The highest BCUT2D eigenvalue weighted by molar-refractivity contribution is 6.33. The van der Waals surface area contributed by atoms with E-state index in [4.69, 9.17) is 11.6 Å². The van der Waals surface area contributed by atoms with Crippen molar-refractivity contribution in [2.45, 2.75) is 0 Å². The van der Waals surface area contributed by atoms with Gasteiger partial charge in [-0.3, -0.25) is 20.2 Å². The van der Waals surface area contributed by atoms with E-state index in [1.807, 2.05) is 54.6 Å². The third kappa shape index (κ3) is 3.86. The van der Waals surface area contributed by atoms with Crippen LogP contribution in [0.2, 0.25) is 5.02 Å². The van der Waals surface area contributed by atoms with Gasteiger partial charge in [0.1, 0.15) is 5.69 Å². The van der Waals surface area contributed by atoms with Crippen LogP contribution in [0.4, 0.5) is 5.95 Å². The molecule has 0 unspecified atom stereocenters. The first-order valence-electron chi connectivity index (χ1n) is 9.73. The molecule has 3 heterocycles. The molecule has 0 aliphatic rings. The molecular weight excluding hydrogens is 426 g/mol. The second kappa shape index (κ2) is 8.44. The molecule has 156 valence electrons. The summed E-state index contributed by atoms with van der Waals surface area (Å²) in [4.78, 5) is 21.7. The molecule has 9 heteroatoms. The Labute approximate surface area is 187 Å². The van der Waals surface area contributed by atoms with Crippen molar-refractivity contribution in [3.05, 3.63) is 95.9 Å². The minimum absolute atomic E-state index is 0.134. The van der Waals surface area contributed by atoms with E-state index in [1.165, 1.54) is 0 Å². The van der Waals surface area contributed by atoms with Gasteiger partial charge in [0, 0.05) is 29.7 Å².